The molecule has 0 spiro atoms. The van der Waals surface area contributed by atoms with Crippen molar-refractivity contribution in [3.8, 4) is 0 Å². The fraction of sp³-hybridized carbons (Fsp3) is 0.385. The number of hydrogen-bond acceptors (Lipinski definition) is 3. The third-order valence-corrected chi connectivity index (χ3v) is 2.58. The standard InChI is InChI=1S/C13H17FN2O3/c1-8(6-9-2-4-10(14)5-3-9)16-13(19)11(15)7-12(17)18/h2-5,8,11H,6-7,15H2,1H3,(H,16,19)(H,17,18). The molecule has 0 fully saturated rings. The van der Waals surface area contributed by atoms with E-state index in [1.54, 1.807) is 19.1 Å². The molecule has 0 radical (unpaired) electrons. The largest absolute Gasteiger partial charge is 0.481 e. The lowest BCUT2D eigenvalue weighted by atomic mass is 10.1. The van der Waals surface area contributed by atoms with Gasteiger partial charge in [0.2, 0.25) is 5.91 Å². The third-order valence-electron chi connectivity index (χ3n) is 2.58. The van der Waals surface area contributed by atoms with E-state index < -0.39 is 24.3 Å². The molecular weight excluding hydrogens is 251 g/mol. The smallest absolute Gasteiger partial charge is 0.305 e. The van der Waals surface area contributed by atoms with E-state index in [1.165, 1.54) is 12.1 Å². The summed E-state index contributed by atoms with van der Waals surface area (Å²) in [4.78, 5) is 22.0. The summed E-state index contributed by atoms with van der Waals surface area (Å²) in [5, 5.41) is 11.2. The average molecular weight is 268 g/mol. The van der Waals surface area contributed by atoms with Gasteiger partial charge in [-0.3, -0.25) is 9.59 Å². The lowest BCUT2D eigenvalue weighted by Gasteiger charge is -2.16. The summed E-state index contributed by atoms with van der Waals surface area (Å²) in [6, 6.07) is 4.69. The molecule has 0 saturated heterocycles. The molecule has 0 aromatic heterocycles. The first-order chi connectivity index (χ1) is 8.88. The topological polar surface area (TPSA) is 92.4 Å². The van der Waals surface area contributed by atoms with Gasteiger partial charge in [-0.2, -0.15) is 0 Å². The molecule has 1 amide bonds. The van der Waals surface area contributed by atoms with Crippen LogP contribution in [0.4, 0.5) is 4.39 Å². The summed E-state index contributed by atoms with van der Waals surface area (Å²) in [6.07, 6.45) is 0.112. The molecule has 0 saturated carbocycles. The maximum absolute atomic E-state index is 12.7. The molecule has 0 heterocycles. The number of benzene rings is 1. The van der Waals surface area contributed by atoms with Gasteiger partial charge in [-0.25, -0.2) is 4.39 Å². The molecule has 0 aliphatic rings. The van der Waals surface area contributed by atoms with Crippen molar-refractivity contribution in [2.24, 2.45) is 5.73 Å². The van der Waals surface area contributed by atoms with E-state index >= 15 is 0 Å². The lowest BCUT2D eigenvalue weighted by Crippen LogP contribution is -2.46. The van der Waals surface area contributed by atoms with E-state index in [1.807, 2.05) is 0 Å². The summed E-state index contributed by atoms with van der Waals surface area (Å²) < 4.78 is 12.7. The van der Waals surface area contributed by atoms with Gasteiger partial charge in [0.15, 0.2) is 0 Å². The molecule has 4 N–H and O–H groups in total. The third kappa shape index (κ3) is 5.48. The van der Waals surface area contributed by atoms with Gasteiger partial charge >= 0.3 is 5.97 Å². The van der Waals surface area contributed by atoms with Crippen LogP contribution in [0.15, 0.2) is 24.3 Å². The summed E-state index contributed by atoms with van der Waals surface area (Å²) in [6.45, 7) is 1.77. The van der Waals surface area contributed by atoms with Gasteiger partial charge in [0, 0.05) is 6.04 Å². The van der Waals surface area contributed by atoms with E-state index in [9.17, 15) is 14.0 Å². The number of carboxylic acid groups (broad SMARTS) is 1. The maximum atomic E-state index is 12.7. The number of carbonyl (C=O) groups excluding carboxylic acids is 1. The fourth-order valence-corrected chi connectivity index (χ4v) is 1.66. The number of rotatable bonds is 6. The van der Waals surface area contributed by atoms with E-state index in [0.717, 1.165) is 5.56 Å². The molecule has 104 valence electrons. The van der Waals surface area contributed by atoms with Crippen molar-refractivity contribution in [2.45, 2.75) is 31.8 Å². The number of halogens is 1. The highest BCUT2D eigenvalue weighted by atomic mass is 19.1. The van der Waals surface area contributed by atoms with Crippen molar-refractivity contribution in [1.82, 2.24) is 5.32 Å². The Morgan fingerprint density at radius 2 is 1.95 bits per heavy atom. The van der Waals surface area contributed by atoms with Crippen LogP contribution in [0, 0.1) is 5.82 Å². The summed E-state index contributed by atoms with van der Waals surface area (Å²) >= 11 is 0. The zero-order chi connectivity index (χ0) is 14.4. The van der Waals surface area contributed by atoms with Crippen molar-refractivity contribution in [3.63, 3.8) is 0 Å². The second-order valence-corrected chi connectivity index (χ2v) is 4.44. The zero-order valence-electron chi connectivity index (χ0n) is 10.6. The van der Waals surface area contributed by atoms with Gasteiger partial charge < -0.3 is 16.2 Å². The van der Waals surface area contributed by atoms with Gasteiger partial charge in [0.25, 0.3) is 0 Å². The second-order valence-electron chi connectivity index (χ2n) is 4.44. The number of nitrogens with two attached hydrogens (primary N) is 1. The highest BCUT2D eigenvalue weighted by Gasteiger charge is 2.18. The van der Waals surface area contributed by atoms with E-state index in [0.29, 0.717) is 6.42 Å². The fourth-order valence-electron chi connectivity index (χ4n) is 1.66. The van der Waals surface area contributed by atoms with E-state index in [2.05, 4.69) is 5.32 Å². The Hall–Kier alpha value is -1.95. The van der Waals surface area contributed by atoms with Crippen LogP contribution >= 0.6 is 0 Å². The molecule has 5 nitrogen and oxygen atoms in total. The monoisotopic (exact) mass is 268 g/mol. The Bertz CT molecular complexity index is 448. The van der Waals surface area contributed by atoms with Crippen molar-refractivity contribution in [2.75, 3.05) is 0 Å². The second kappa shape index (κ2) is 6.84. The van der Waals surface area contributed by atoms with Gasteiger partial charge in [0.1, 0.15) is 5.82 Å². The molecular formula is C13H17FN2O3. The Morgan fingerprint density at radius 3 is 2.47 bits per heavy atom. The minimum absolute atomic E-state index is 0.210. The zero-order valence-corrected chi connectivity index (χ0v) is 10.6. The number of amides is 1. The van der Waals surface area contributed by atoms with Crippen LogP contribution in [0.5, 0.6) is 0 Å². The SMILES string of the molecule is CC(Cc1ccc(F)cc1)NC(=O)C(N)CC(=O)O. The first-order valence-corrected chi connectivity index (χ1v) is 5.90. The average Bonchev–Trinajstić information content (AvgIpc) is 2.31. The van der Waals surface area contributed by atoms with Crippen LogP contribution in [-0.4, -0.2) is 29.1 Å². The molecule has 0 bridgehead atoms. The molecule has 2 atom stereocenters. The van der Waals surface area contributed by atoms with Crippen LogP contribution in [0.25, 0.3) is 0 Å². The van der Waals surface area contributed by atoms with Crippen LogP contribution in [0.1, 0.15) is 18.9 Å². The molecule has 1 rings (SSSR count). The first-order valence-electron chi connectivity index (χ1n) is 5.90. The normalized spacial score (nSPS) is 13.6. The van der Waals surface area contributed by atoms with Crippen LogP contribution in [0.3, 0.4) is 0 Å². The minimum Gasteiger partial charge on any atom is -0.481 e. The summed E-state index contributed by atoms with van der Waals surface area (Å²) in [5.41, 5.74) is 6.31. The van der Waals surface area contributed by atoms with Crippen molar-refractivity contribution in [1.29, 1.82) is 0 Å². The molecule has 1 aromatic rings. The highest BCUT2D eigenvalue weighted by molar-refractivity contribution is 5.86. The van der Waals surface area contributed by atoms with Crippen molar-refractivity contribution in [3.05, 3.63) is 35.6 Å². The van der Waals surface area contributed by atoms with Gasteiger partial charge in [-0.15, -0.1) is 0 Å². The predicted molar refractivity (Wildman–Crippen MR) is 67.9 cm³/mol. The molecule has 0 aliphatic carbocycles. The molecule has 6 heteroatoms. The van der Waals surface area contributed by atoms with Gasteiger partial charge in [0.05, 0.1) is 12.5 Å². The van der Waals surface area contributed by atoms with Crippen molar-refractivity contribution >= 4 is 11.9 Å². The van der Waals surface area contributed by atoms with Crippen molar-refractivity contribution < 1.29 is 19.1 Å². The number of carbonyl (C=O) groups is 2. The van der Waals surface area contributed by atoms with Gasteiger partial charge in [-0.1, -0.05) is 12.1 Å². The predicted octanol–water partition coefficient (Wildman–Crippen LogP) is 0.675. The van der Waals surface area contributed by atoms with Crippen LogP contribution in [-0.2, 0) is 16.0 Å². The Morgan fingerprint density at radius 1 is 1.37 bits per heavy atom. The first kappa shape index (κ1) is 15.1. The van der Waals surface area contributed by atoms with Gasteiger partial charge in [-0.05, 0) is 31.0 Å². The number of carboxylic acids is 1. The minimum atomic E-state index is -1.12. The quantitative estimate of drug-likeness (QED) is 0.707. The maximum Gasteiger partial charge on any atom is 0.305 e. The summed E-state index contributed by atoms with van der Waals surface area (Å²) in [5.74, 6) is -1.94. The molecule has 2 unspecified atom stereocenters. The molecule has 0 aliphatic heterocycles. The van der Waals surface area contributed by atoms with E-state index in [-0.39, 0.29) is 11.9 Å². The Balaban J connectivity index is 2.46. The Labute approximate surface area is 110 Å². The summed E-state index contributed by atoms with van der Waals surface area (Å²) in [7, 11) is 0. The lowest BCUT2D eigenvalue weighted by molar-refractivity contribution is -0.139. The van der Waals surface area contributed by atoms with Crippen LogP contribution in [0.2, 0.25) is 0 Å². The highest BCUT2D eigenvalue weighted by Crippen LogP contribution is 2.06. The number of aliphatic carboxylic acids is 1. The van der Waals surface area contributed by atoms with Crippen LogP contribution < -0.4 is 11.1 Å². The van der Waals surface area contributed by atoms with E-state index in [4.69, 9.17) is 10.8 Å². The molecule has 19 heavy (non-hydrogen) atoms. The number of nitrogens with one attached hydrogen (secondary N) is 1. The number of hydrogen-bond donors (Lipinski definition) is 3. The Kier molecular flexibility index (Phi) is 5.44. The molecule has 1 aromatic carbocycles.